The van der Waals surface area contributed by atoms with E-state index in [4.69, 9.17) is 9.98 Å². The van der Waals surface area contributed by atoms with Crippen molar-refractivity contribution in [3.8, 4) is 16.8 Å². The molecule has 1 unspecified atom stereocenters. The Morgan fingerprint density at radius 2 is 1.28 bits per heavy atom. The van der Waals surface area contributed by atoms with Gasteiger partial charge in [-0.15, -0.1) is 0 Å². The minimum Gasteiger partial charge on any atom is -0.333 e. The fourth-order valence-electron chi connectivity index (χ4n) is 7.67. The summed E-state index contributed by atoms with van der Waals surface area (Å²) in [4.78, 5) is 12.5. The van der Waals surface area contributed by atoms with Crippen LogP contribution in [0, 0.1) is 0 Å². The zero-order valence-corrected chi connectivity index (χ0v) is 26.7. The van der Waals surface area contributed by atoms with Crippen LogP contribution in [0.1, 0.15) is 47.8 Å². The van der Waals surface area contributed by atoms with Crippen molar-refractivity contribution in [2.24, 2.45) is 9.98 Å². The Morgan fingerprint density at radius 1 is 0.574 bits per heavy atom. The average Bonchev–Trinajstić information content (AvgIpc) is 3.56. The van der Waals surface area contributed by atoms with Crippen molar-refractivity contribution in [2.75, 3.05) is 7.05 Å². The van der Waals surface area contributed by atoms with Gasteiger partial charge in [0.2, 0.25) is 0 Å². The average molecular weight is 607 g/mol. The Morgan fingerprint density at radius 3 is 2.09 bits per heavy atom. The number of nitrogens with zero attached hydrogens (tertiary/aromatic N) is 4. The van der Waals surface area contributed by atoms with Crippen LogP contribution in [0.25, 0.3) is 38.6 Å². The highest BCUT2D eigenvalue weighted by atomic mass is 15.3. The molecule has 1 aliphatic heterocycles. The van der Waals surface area contributed by atoms with Gasteiger partial charge >= 0.3 is 0 Å². The van der Waals surface area contributed by atoms with E-state index in [1.165, 1.54) is 44.1 Å². The van der Waals surface area contributed by atoms with Gasteiger partial charge in [-0.2, -0.15) is 0 Å². The van der Waals surface area contributed by atoms with Gasteiger partial charge in [-0.1, -0.05) is 129 Å². The Labute approximate surface area is 275 Å². The highest BCUT2D eigenvalue weighted by Gasteiger charge is 2.36. The quantitative estimate of drug-likeness (QED) is 0.196. The first kappa shape index (κ1) is 27.6. The van der Waals surface area contributed by atoms with E-state index in [0.29, 0.717) is 0 Å². The van der Waals surface area contributed by atoms with E-state index in [1.807, 2.05) is 24.3 Å². The lowest BCUT2D eigenvalue weighted by Crippen LogP contribution is -2.35. The van der Waals surface area contributed by atoms with Gasteiger partial charge in [-0.3, -0.25) is 0 Å². The number of benzene rings is 6. The molecule has 0 N–H and O–H groups in total. The summed E-state index contributed by atoms with van der Waals surface area (Å²) in [7, 11) is 2.10. The third-order valence-electron chi connectivity index (χ3n) is 10.0. The molecule has 0 radical (unpaired) electrons. The zero-order valence-electron chi connectivity index (χ0n) is 26.7. The molecule has 7 aromatic rings. The Hall–Kier alpha value is -5.74. The largest absolute Gasteiger partial charge is 0.333 e. The lowest BCUT2D eigenvalue weighted by atomic mass is 9.82. The topological polar surface area (TPSA) is 32.9 Å². The summed E-state index contributed by atoms with van der Waals surface area (Å²) in [5.41, 5.74) is 12.1. The van der Waals surface area contributed by atoms with Crippen LogP contribution in [0.15, 0.2) is 156 Å². The Bertz CT molecular complexity index is 2400. The van der Waals surface area contributed by atoms with Gasteiger partial charge in [0, 0.05) is 40.0 Å². The van der Waals surface area contributed by atoms with Crippen LogP contribution in [0.5, 0.6) is 0 Å². The first-order valence-corrected chi connectivity index (χ1v) is 16.3. The van der Waals surface area contributed by atoms with E-state index in [-0.39, 0.29) is 11.6 Å². The van der Waals surface area contributed by atoms with Gasteiger partial charge in [0.05, 0.1) is 11.0 Å². The first-order valence-electron chi connectivity index (χ1n) is 16.3. The molecule has 47 heavy (non-hydrogen) atoms. The molecule has 0 spiro atoms. The maximum atomic E-state index is 5.26. The van der Waals surface area contributed by atoms with Gasteiger partial charge < -0.3 is 9.47 Å². The number of amidine groups is 2. The highest BCUT2D eigenvalue weighted by Crippen LogP contribution is 2.51. The van der Waals surface area contributed by atoms with E-state index in [2.05, 4.69) is 152 Å². The highest BCUT2D eigenvalue weighted by molar-refractivity contribution is 6.13. The summed E-state index contributed by atoms with van der Waals surface area (Å²) in [6.07, 6.45) is -0.247. The summed E-state index contributed by atoms with van der Waals surface area (Å²) < 4.78 is 2.43. The minimum atomic E-state index is -0.247. The molecule has 1 aromatic heterocycles. The molecule has 4 nitrogen and oxygen atoms in total. The number of hydrogen-bond donors (Lipinski definition) is 0. The second-order valence-corrected chi connectivity index (χ2v) is 13.1. The lowest BCUT2D eigenvalue weighted by molar-refractivity contribution is 0.383. The molecular weight excluding hydrogens is 573 g/mol. The molecular formula is C43H34N4. The van der Waals surface area contributed by atoms with Crippen LogP contribution < -0.4 is 0 Å². The van der Waals surface area contributed by atoms with Crippen molar-refractivity contribution < 1.29 is 0 Å². The Balaban J connectivity index is 1.23. The SMILES string of the molecule is CN1C(c2ccccc2)=NC(c2ccccc2)=NC1c1cccc(-n2c3ccccc3c3cc4c(cc32)C(C)(C)c2ccccc2-4)c1. The van der Waals surface area contributed by atoms with E-state index in [1.54, 1.807) is 0 Å². The van der Waals surface area contributed by atoms with Crippen LogP contribution in [-0.4, -0.2) is 28.2 Å². The lowest BCUT2D eigenvalue weighted by Gasteiger charge is -2.32. The van der Waals surface area contributed by atoms with Crippen molar-refractivity contribution in [3.05, 3.63) is 173 Å². The van der Waals surface area contributed by atoms with Crippen molar-refractivity contribution in [3.63, 3.8) is 0 Å². The first-order chi connectivity index (χ1) is 23.0. The number of rotatable bonds is 4. The van der Waals surface area contributed by atoms with E-state index in [9.17, 15) is 0 Å². The molecule has 9 rings (SSSR count). The van der Waals surface area contributed by atoms with Crippen molar-refractivity contribution >= 4 is 33.5 Å². The molecule has 0 saturated carbocycles. The summed E-state index contributed by atoms with van der Waals surface area (Å²) in [5, 5.41) is 2.53. The van der Waals surface area contributed by atoms with Crippen LogP contribution in [0.2, 0.25) is 0 Å². The van der Waals surface area contributed by atoms with Crippen LogP contribution >= 0.6 is 0 Å². The van der Waals surface area contributed by atoms with Crippen molar-refractivity contribution in [2.45, 2.75) is 25.4 Å². The van der Waals surface area contributed by atoms with Gasteiger partial charge in [0.1, 0.15) is 5.84 Å². The fourth-order valence-corrected chi connectivity index (χ4v) is 7.67. The smallest absolute Gasteiger partial charge is 0.159 e. The second-order valence-electron chi connectivity index (χ2n) is 13.1. The summed E-state index contributed by atoms with van der Waals surface area (Å²) >= 11 is 0. The van der Waals surface area contributed by atoms with Crippen LogP contribution in [-0.2, 0) is 5.41 Å². The molecule has 1 atom stereocenters. The molecule has 0 fully saturated rings. The molecule has 2 heterocycles. The van der Waals surface area contributed by atoms with E-state index < -0.39 is 0 Å². The normalized spacial score (nSPS) is 16.6. The molecule has 0 saturated heterocycles. The number of aliphatic imine (C=N–C) groups is 2. The van der Waals surface area contributed by atoms with E-state index in [0.717, 1.165) is 34.0 Å². The van der Waals surface area contributed by atoms with Crippen molar-refractivity contribution in [1.82, 2.24) is 9.47 Å². The summed E-state index contributed by atoms with van der Waals surface area (Å²) in [6, 6.07) is 52.1. The molecule has 0 bridgehead atoms. The second kappa shape index (κ2) is 10.4. The van der Waals surface area contributed by atoms with Gasteiger partial charge in [0.25, 0.3) is 0 Å². The van der Waals surface area contributed by atoms with Gasteiger partial charge in [-0.25, -0.2) is 9.98 Å². The molecule has 226 valence electrons. The Kier molecular flexibility index (Phi) is 6.10. The minimum absolute atomic E-state index is 0.0796. The maximum absolute atomic E-state index is 5.26. The van der Waals surface area contributed by atoms with Gasteiger partial charge in [0.15, 0.2) is 12.0 Å². The standard InChI is InChI=1S/C43H34N4/c1-43(2)36-23-12-10-21-32(36)34-26-35-33-22-11-13-24-38(33)47(39(35)27-37(34)43)31-20-14-19-30(25-31)42-45-40(28-15-6-4-7-16-28)44-41(46(42)3)29-17-8-5-9-18-29/h4-27,42H,1-3H3. The third-order valence-corrected chi connectivity index (χ3v) is 10.0. The molecule has 1 aliphatic carbocycles. The number of para-hydroxylation sites is 1. The number of fused-ring (bicyclic) bond motifs is 6. The van der Waals surface area contributed by atoms with Crippen molar-refractivity contribution in [1.29, 1.82) is 0 Å². The van der Waals surface area contributed by atoms with Gasteiger partial charge in [-0.05, 0) is 58.1 Å². The number of hydrogen-bond acceptors (Lipinski definition) is 3. The summed E-state index contributed by atoms with van der Waals surface area (Å²) in [6.45, 7) is 4.70. The fraction of sp³-hybridized carbons (Fsp3) is 0.116. The molecule has 6 aromatic carbocycles. The third kappa shape index (κ3) is 4.21. The molecule has 0 amide bonds. The monoisotopic (exact) mass is 606 g/mol. The number of aromatic nitrogens is 1. The van der Waals surface area contributed by atoms with Crippen LogP contribution in [0.3, 0.4) is 0 Å². The summed E-state index contributed by atoms with van der Waals surface area (Å²) in [5.74, 6) is 1.65. The van der Waals surface area contributed by atoms with Crippen LogP contribution in [0.4, 0.5) is 0 Å². The molecule has 4 heteroatoms. The maximum Gasteiger partial charge on any atom is 0.159 e. The predicted octanol–water partition coefficient (Wildman–Crippen LogP) is 9.93. The zero-order chi connectivity index (χ0) is 31.7. The predicted molar refractivity (Wildman–Crippen MR) is 195 cm³/mol. The van der Waals surface area contributed by atoms with E-state index >= 15 is 0 Å². The molecule has 2 aliphatic rings.